The van der Waals surface area contributed by atoms with E-state index in [0.29, 0.717) is 0 Å². The van der Waals surface area contributed by atoms with Gasteiger partial charge in [-0.15, -0.1) is 5.10 Å². The van der Waals surface area contributed by atoms with E-state index in [0.717, 1.165) is 14.5 Å². The maximum Gasteiger partial charge on any atom is 0.453 e. The molecule has 0 bridgehead atoms. The van der Waals surface area contributed by atoms with Gasteiger partial charge >= 0.3 is 6.18 Å². The van der Waals surface area contributed by atoms with Gasteiger partial charge < -0.3 is 0 Å². The Bertz CT molecular complexity index is 491. The number of rotatable bonds is 1. The van der Waals surface area contributed by atoms with Gasteiger partial charge in [0.25, 0.3) is 5.82 Å². The van der Waals surface area contributed by atoms with Crippen molar-refractivity contribution < 1.29 is 13.2 Å². The van der Waals surface area contributed by atoms with Crippen molar-refractivity contribution in [3.63, 3.8) is 0 Å². The molecule has 2 aromatic heterocycles. The summed E-state index contributed by atoms with van der Waals surface area (Å²) in [5.74, 6) is -1.10. The van der Waals surface area contributed by atoms with Crippen LogP contribution in [0.4, 0.5) is 13.2 Å². The molecule has 2 heterocycles. The van der Waals surface area contributed by atoms with Gasteiger partial charge in [-0.25, -0.2) is 9.50 Å². The van der Waals surface area contributed by atoms with Crippen LogP contribution in [0.2, 0.25) is 0 Å². The molecular formula is C8H5F3IN3. The van der Waals surface area contributed by atoms with E-state index in [9.17, 15) is 13.2 Å². The topological polar surface area (TPSA) is 30.2 Å². The number of hydrogen-bond acceptors (Lipinski definition) is 2. The number of hydrogen-bond donors (Lipinski definition) is 0. The first-order chi connectivity index (χ1) is 7.00. The second-order valence-corrected chi connectivity index (χ2v) is 3.67. The van der Waals surface area contributed by atoms with E-state index in [2.05, 4.69) is 32.7 Å². The number of halogens is 4. The minimum absolute atomic E-state index is 0.205. The molecule has 0 aliphatic heterocycles. The van der Waals surface area contributed by atoms with E-state index in [1.807, 2.05) is 0 Å². The van der Waals surface area contributed by atoms with Gasteiger partial charge in [0.1, 0.15) is 0 Å². The maximum atomic E-state index is 12.3. The molecule has 0 unspecified atom stereocenters. The van der Waals surface area contributed by atoms with Crippen LogP contribution < -0.4 is 0 Å². The molecule has 0 spiro atoms. The average molecular weight is 327 g/mol. The van der Waals surface area contributed by atoms with Gasteiger partial charge in [-0.05, 0) is 11.6 Å². The molecular weight excluding hydrogens is 322 g/mol. The second kappa shape index (κ2) is 3.62. The molecule has 3 nitrogen and oxygen atoms in total. The molecule has 0 aliphatic carbocycles. The fourth-order valence-electron chi connectivity index (χ4n) is 1.12. The summed E-state index contributed by atoms with van der Waals surface area (Å²) >= 11 is 2.13. The molecule has 7 heteroatoms. The fraction of sp³-hybridized carbons (Fsp3) is 0.250. The molecule has 2 rings (SSSR count). The van der Waals surface area contributed by atoms with Crippen LogP contribution >= 0.6 is 22.6 Å². The SMILES string of the molecule is FC(F)(F)c1nc2ccc(CI)cn2n1. The van der Waals surface area contributed by atoms with Crippen LogP contribution in [-0.2, 0) is 10.6 Å². The molecule has 0 N–H and O–H groups in total. The molecule has 0 aromatic carbocycles. The summed E-state index contributed by atoms with van der Waals surface area (Å²) in [6.45, 7) is 0. The molecule has 0 saturated heterocycles. The van der Waals surface area contributed by atoms with Gasteiger partial charge in [0.2, 0.25) is 0 Å². The van der Waals surface area contributed by atoms with Crippen molar-refractivity contribution in [1.29, 1.82) is 0 Å². The van der Waals surface area contributed by atoms with Gasteiger partial charge in [0.15, 0.2) is 5.65 Å². The Kier molecular flexibility index (Phi) is 2.57. The summed E-state index contributed by atoms with van der Waals surface area (Å²) in [6, 6.07) is 3.26. The van der Waals surface area contributed by atoms with Crippen molar-refractivity contribution in [3.8, 4) is 0 Å². The van der Waals surface area contributed by atoms with Crippen molar-refractivity contribution in [1.82, 2.24) is 14.6 Å². The highest BCUT2D eigenvalue weighted by Crippen LogP contribution is 2.26. The maximum absolute atomic E-state index is 12.3. The van der Waals surface area contributed by atoms with Crippen LogP contribution in [0.5, 0.6) is 0 Å². The fourth-order valence-corrected chi connectivity index (χ4v) is 1.58. The summed E-state index contributed by atoms with van der Waals surface area (Å²) in [5.41, 5.74) is 1.11. The Morgan fingerprint density at radius 2 is 2.07 bits per heavy atom. The lowest BCUT2D eigenvalue weighted by molar-refractivity contribution is -0.144. The van der Waals surface area contributed by atoms with Crippen molar-refractivity contribution in [3.05, 3.63) is 29.7 Å². The normalized spacial score (nSPS) is 12.3. The highest BCUT2D eigenvalue weighted by atomic mass is 127. The Labute approximate surface area is 96.4 Å². The van der Waals surface area contributed by atoms with Gasteiger partial charge in [-0.3, -0.25) is 0 Å². The predicted octanol–water partition coefficient (Wildman–Crippen LogP) is 2.68. The van der Waals surface area contributed by atoms with Gasteiger partial charge in [-0.2, -0.15) is 13.2 Å². The second-order valence-electron chi connectivity index (χ2n) is 2.91. The third-order valence-corrected chi connectivity index (χ3v) is 2.68. The summed E-state index contributed by atoms with van der Waals surface area (Å²) < 4.78 is 38.7. The van der Waals surface area contributed by atoms with E-state index in [4.69, 9.17) is 0 Å². The van der Waals surface area contributed by atoms with Crippen LogP contribution in [-0.4, -0.2) is 14.6 Å². The standard InChI is InChI=1S/C8H5F3IN3/c9-8(10,11)7-13-6-2-1-5(3-12)4-15(6)14-7/h1-2,4H,3H2. The average Bonchev–Trinajstić information content (AvgIpc) is 2.59. The molecule has 15 heavy (non-hydrogen) atoms. The molecule has 0 atom stereocenters. The van der Waals surface area contributed by atoms with E-state index < -0.39 is 12.0 Å². The third-order valence-electron chi connectivity index (χ3n) is 1.80. The highest BCUT2D eigenvalue weighted by molar-refractivity contribution is 14.1. The van der Waals surface area contributed by atoms with Crippen molar-refractivity contribution in [2.75, 3.05) is 0 Å². The number of fused-ring (bicyclic) bond motifs is 1. The smallest absolute Gasteiger partial charge is 0.220 e. The van der Waals surface area contributed by atoms with Crippen LogP contribution in [0.25, 0.3) is 5.65 Å². The monoisotopic (exact) mass is 327 g/mol. The van der Waals surface area contributed by atoms with Gasteiger partial charge in [-0.1, -0.05) is 28.7 Å². The largest absolute Gasteiger partial charge is 0.453 e. The zero-order valence-electron chi connectivity index (χ0n) is 7.29. The lowest BCUT2D eigenvalue weighted by atomic mass is 10.3. The minimum Gasteiger partial charge on any atom is -0.220 e. The van der Waals surface area contributed by atoms with Crippen LogP contribution in [0, 0.1) is 0 Å². The molecule has 0 saturated carbocycles. The zero-order valence-corrected chi connectivity index (χ0v) is 9.45. The molecule has 0 fully saturated rings. The predicted molar refractivity (Wildman–Crippen MR) is 55.7 cm³/mol. The lowest BCUT2D eigenvalue weighted by Crippen LogP contribution is -2.07. The molecule has 2 aromatic rings. The highest BCUT2D eigenvalue weighted by Gasteiger charge is 2.36. The Morgan fingerprint density at radius 3 is 2.67 bits per heavy atom. The van der Waals surface area contributed by atoms with Crippen LogP contribution in [0.1, 0.15) is 11.4 Å². The van der Waals surface area contributed by atoms with E-state index in [-0.39, 0.29) is 5.65 Å². The molecule has 0 aliphatic rings. The van der Waals surface area contributed by atoms with E-state index in [1.54, 1.807) is 12.3 Å². The number of pyridine rings is 1. The first-order valence-electron chi connectivity index (χ1n) is 3.99. The molecule has 0 amide bonds. The van der Waals surface area contributed by atoms with Crippen LogP contribution in [0.3, 0.4) is 0 Å². The van der Waals surface area contributed by atoms with Crippen molar-refractivity contribution in [2.45, 2.75) is 10.6 Å². The number of aromatic nitrogens is 3. The van der Waals surface area contributed by atoms with Crippen molar-refractivity contribution >= 4 is 28.2 Å². The third kappa shape index (κ3) is 2.06. The van der Waals surface area contributed by atoms with E-state index in [1.165, 1.54) is 6.07 Å². The summed E-state index contributed by atoms with van der Waals surface area (Å²) in [4.78, 5) is 3.38. The van der Waals surface area contributed by atoms with Crippen LogP contribution in [0.15, 0.2) is 18.3 Å². The lowest BCUT2D eigenvalue weighted by Gasteiger charge is -1.97. The Hall–Kier alpha value is -0.860. The van der Waals surface area contributed by atoms with Crippen molar-refractivity contribution in [2.24, 2.45) is 0 Å². The molecule has 80 valence electrons. The minimum atomic E-state index is -4.49. The molecule has 0 radical (unpaired) electrons. The summed E-state index contributed by atoms with van der Waals surface area (Å²) in [5, 5.41) is 3.37. The number of alkyl halides is 4. The summed E-state index contributed by atoms with van der Waals surface area (Å²) in [6.07, 6.45) is -2.94. The van der Waals surface area contributed by atoms with E-state index >= 15 is 0 Å². The quantitative estimate of drug-likeness (QED) is 0.596. The Balaban J connectivity index is 2.56. The Morgan fingerprint density at radius 1 is 1.33 bits per heavy atom. The zero-order chi connectivity index (χ0) is 11.1. The van der Waals surface area contributed by atoms with Gasteiger partial charge in [0.05, 0.1) is 0 Å². The summed E-state index contributed by atoms with van der Waals surface area (Å²) in [7, 11) is 0. The first-order valence-corrected chi connectivity index (χ1v) is 5.52. The first kappa shape index (κ1) is 10.7. The number of nitrogens with zero attached hydrogens (tertiary/aromatic N) is 3. The van der Waals surface area contributed by atoms with Gasteiger partial charge in [0, 0.05) is 10.6 Å².